The van der Waals surface area contributed by atoms with Crippen LogP contribution in [0.3, 0.4) is 0 Å². The van der Waals surface area contributed by atoms with Crippen LogP contribution in [-0.2, 0) is 13.1 Å². The Balaban J connectivity index is 1.32. The van der Waals surface area contributed by atoms with E-state index >= 15 is 0 Å². The molecule has 0 bridgehead atoms. The molecular weight excluding hydrogens is 364 g/mol. The minimum absolute atomic E-state index is 0.610. The number of hydrogen-bond acceptors (Lipinski definition) is 4. The summed E-state index contributed by atoms with van der Waals surface area (Å²) in [5, 5.41) is 8.52. The largest absolute Gasteiger partial charge is 0.496 e. The van der Waals surface area contributed by atoms with Crippen LogP contribution in [0.2, 0.25) is 0 Å². The van der Waals surface area contributed by atoms with Crippen molar-refractivity contribution in [2.75, 3.05) is 33.3 Å². The molecule has 0 radical (unpaired) electrons. The molecule has 2 aromatic carbocycles. The minimum atomic E-state index is 0.610. The molecule has 6 nitrogen and oxygen atoms in total. The van der Waals surface area contributed by atoms with E-state index in [2.05, 4.69) is 54.4 Å². The molecule has 1 aliphatic rings. The lowest BCUT2D eigenvalue weighted by atomic mass is 10.1. The fourth-order valence-corrected chi connectivity index (χ4v) is 4.06. The van der Waals surface area contributed by atoms with Crippen molar-refractivity contribution in [3.8, 4) is 17.2 Å². The molecule has 0 amide bonds. The predicted molar refractivity (Wildman–Crippen MR) is 111 cm³/mol. The SMILES string of the molecule is COc1ccc(C)cc1C[NH+]1CC[NH+](Cc2nnc(-c3cccc(C)c3)o2)CC1. The topological polar surface area (TPSA) is 57.0 Å². The Kier molecular flexibility index (Phi) is 5.92. The summed E-state index contributed by atoms with van der Waals surface area (Å²) in [6.07, 6.45) is 0. The molecule has 1 aromatic heterocycles. The third-order valence-corrected chi connectivity index (χ3v) is 5.67. The maximum atomic E-state index is 5.93. The van der Waals surface area contributed by atoms with E-state index in [1.165, 1.54) is 21.6 Å². The average molecular weight is 395 g/mol. The fourth-order valence-electron chi connectivity index (χ4n) is 4.06. The number of methoxy groups -OCH3 is 1. The van der Waals surface area contributed by atoms with Gasteiger partial charge in [-0.15, -0.1) is 10.2 Å². The molecule has 0 saturated carbocycles. The van der Waals surface area contributed by atoms with Gasteiger partial charge in [-0.3, -0.25) is 0 Å². The molecule has 3 aromatic rings. The molecule has 1 fully saturated rings. The van der Waals surface area contributed by atoms with Gasteiger partial charge < -0.3 is 19.0 Å². The van der Waals surface area contributed by atoms with Gasteiger partial charge in [-0.25, -0.2) is 0 Å². The van der Waals surface area contributed by atoms with Gasteiger partial charge in [0.2, 0.25) is 5.89 Å². The van der Waals surface area contributed by atoms with Crippen LogP contribution in [0, 0.1) is 13.8 Å². The van der Waals surface area contributed by atoms with E-state index in [0.717, 1.165) is 56.5 Å². The number of quaternary nitrogens is 2. The summed E-state index contributed by atoms with van der Waals surface area (Å²) in [4.78, 5) is 3.10. The zero-order valence-electron chi connectivity index (χ0n) is 17.5. The number of nitrogens with one attached hydrogen (secondary N) is 2. The Morgan fingerprint density at radius 2 is 1.62 bits per heavy atom. The van der Waals surface area contributed by atoms with Crippen molar-refractivity contribution in [2.24, 2.45) is 0 Å². The Bertz CT molecular complexity index is 961. The van der Waals surface area contributed by atoms with Gasteiger partial charge in [0, 0.05) is 11.1 Å². The van der Waals surface area contributed by atoms with E-state index in [1.54, 1.807) is 12.0 Å². The summed E-state index contributed by atoms with van der Waals surface area (Å²) in [5.74, 6) is 2.33. The molecule has 0 atom stereocenters. The minimum Gasteiger partial charge on any atom is -0.496 e. The Morgan fingerprint density at radius 3 is 2.34 bits per heavy atom. The highest BCUT2D eigenvalue weighted by Gasteiger charge is 2.25. The van der Waals surface area contributed by atoms with Crippen LogP contribution in [0.4, 0.5) is 0 Å². The lowest BCUT2D eigenvalue weighted by molar-refractivity contribution is -1.02. The van der Waals surface area contributed by atoms with Crippen molar-refractivity contribution in [3.05, 3.63) is 65.0 Å². The first-order chi connectivity index (χ1) is 14.1. The van der Waals surface area contributed by atoms with E-state index in [4.69, 9.17) is 9.15 Å². The van der Waals surface area contributed by atoms with E-state index in [1.807, 2.05) is 12.1 Å². The molecule has 0 spiro atoms. The van der Waals surface area contributed by atoms with Gasteiger partial charge in [0.1, 0.15) is 38.5 Å². The number of hydrogen-bond donors (Lipinski definition) is 2. The molecule has 2 N–H and O–H groups in total. The van der Waals surface area contributed by atoms with Crippen molar-refractivity contribution in [1.82, 2.24) is 10.2 Å². The zero-order chi connectivity index (χ0) is 20.2. The van der Waals surface area contributed by atoms with E-state index < -0.39 is 0 Å². The second-order valence-electron chi connectivity index (χ2n) is 8.04. The molecular formula is C23H30N4O2+2. The molecule has 1 saturated heterocycles. The number of piperazine rings is 1. The van der Waals surface area contributed by atoms with Crippen LogP contribution in [-0.4, -0.2) is 43.5 Å². The first kappa shape index (κ1) is 19.6. The first-order valence-electron chi connectivity index (χ1n) is 10.3. The third kappa shape index (κ3) is 4.83. The number of ether oxygens (including phenoxy) is 1. The van der Waals surface area contributed by atoms with E-state index in [0.29, 0.717) is 5.89 Å². The van der Waals surface area contributed by atoms with Crippen molar-refractivity contribution in [2.45, 2.75) is 26.9 Å². The molecule has 29 heavy (non-hydrogen) atoms. The van der Waals surface area contributed by atoms with E-state index in [-0.39, 0.29) is 0 Å². The van der Waals surface area contributed by atoms with Crippen molar-refractivity contribution in [3.63, 3.8) is 0 Å². The highest BCUT2D eigenvalue weighted by atomic mass is 16.5. The zero-order valence-corrected chi connectivity index (χ0v) is 17.5. The van der Waals surface area contributed by atoms with Crippen molar-refractivity contribution in [1.29, 1.82) is 0 Å². The maximum Gasteiger partial charge on any atom is 0.271 e. The molecule has 1 aliphatic heterocycles. The molecule has 0 aliphatic carbocycles. The van der Waals surface area contributed by atoms with Crippen LogP contribution in [0.15, 0.2) is 46.9 Å². The first-order valence-corrected chi connectivity index (χ1v) is 10.3. The fraction of sp³-hybridized carbons (Fsp3) is 0.391. The van der Waals surface area contributed by atoms with Gasteiger partial charge in [-0.05, 0) is 38.1 Å². The summed E-state index contributed by atoms with van der Waals surface area (Å²) in [7, 11) is 1.75. The third-order valence-electron chi connectivity index (χ3n) is 5.67. The van der Waals surface area contributed by atoms with Gasteiger partial charge >= 0.3 is 0 Å². The Labute approximate surface area is 172 Å². The summed E-state index contributed by atoms with van der Waals surface area (Å²) in [6.45, 7) is 10.5. The quantitative estimate of drug-likeness (QED) is 0.651. The molecule has 6 heteroatoms. The normalized spacial score (nSPS) is 19.3. The monoisotopic (exact) mass is 394 g/mol. The number of benzene rings is 2. The average Bonchev–Trinajstić information content (AvgIpc) is 3.18. The van der Waals surface area contributed by atoms with Gasteiger partial charge in [-0.1, -0.05) is 29.3 Å². The predicted octanol–water partition coefficient (Wildman–Crippen LogP) is 0.846. The Morgan fingerprint density at radius 1 is 0.897 bits per heavy atom. The van der Waals surface area contributed by atoms with Crippen LogP contribution in [0.1, 0.15) is 22.6 Å². The molecule has 0 unspecified atom stereocenters. The highest BCUT2D eigenvalue weighted by molar-refractivity contribution is 5.53. The van der Waals surface area contributed by atoms with Crippen LogP contribution in [0.25, 0.3) is 11.5 Å². The second kappa shape index (κ2) is 8.76. The summed E-state index contributed by atoms with van der Waals surface area (Å²) >= 11 is 0. The molecule has 2 heterocycles. The van der Waals surface area contributed by atoms with E-state index in [9.17, 15) is 0 Å². The standard InChI is InChI=1S/C23H28N4O2/c1-17-5-4-6-19(13-17)23-25-24-22(29-23)16-27-11-9-26(10-12-27)15-20-14-18(2)7-8-21(20)28-3/h4-8,13-14H,9-12,15-16H2,1-3H3/p+2. The van der Waals surface area contributed by atoms with Gasteiger partial charge in [-0.2, -0.15) is 0 Å². The van der Waals surface area contributed by atoms with Crippen LogP contribution >= 0.6 is 0 Å². The number of nitrogens with zero attached hydrogens (tertiary/aromatic N) is 2. The van der Waals surface area contributed by atoms with Crippen LogP contribution < -0.4 is 14.5 Å². The number of rotatable bonds is 6. The number of aromatic nitrogens is 2. The summed E-state index contributed by atoms with van der Waals surface area (Å²) in [5.41, 5.74) is 4.76. The maximum absolute atomic E-state index is 5.93. The van der Waals surface area contributed by atoms with Gasteiger partial charge in [0.05, 0.1) is 7.11 Å². The lowest BCUT2D eigenvalue weighted by Gasteiger charge is -2.29. The Hall–Kier alpha value is -2.70. The van der Waals surface area contributed by atoms with Gasteiger partial charge in [0.25, 0.3) is 5.89 Å². The van der Waals surface area contributed by atoms with Crippen LogP contribution in [0.5, 0.6) is 5.75 Å². The highest BCUT2D eigenvalue weighted by Crippen LogP contribution is 2.19. The van der Waals surface area contributed by atoms with Crippen molar-refractivity contribution >= 4 is 0 Å². The van der Waals surface area contributed by atoms with Gasteiger partial charge in [0.15, 0.2) is 6.54 Å². The second-order valence-corrected chi connectivity index (χ2v) is 8.04. The number of aryl methyl sites for hydroxylation is 2. The summed E-state index contributed by atoms with van der Waals surface area (Å²) < 4.78 is 11.5. The lowest BCUT2D eigenvalue weighted by Crippen LogP contribution is -3.27. The molecule has 4 rings (SSSR count). The molecule has 152 valence electrons. The van der Waals surface area contributed by atoms with Crippen molar-refractivity contribution < 1.29 is 19.0 Å². The summed E-state index contributed by atoms with van der Waals surface area (Å²) in [6, 6.07) is 14.6. The smallest absolute Gasteiger partial charge is 0.271 e.